The quantitative estimate of drug-likeness (QED) is 0.0264. The first-order chi connectivity index (χ1) is 43.8. The smallest absolute Gasteiger partial charge is 0.462 e. The Morgan fingerprint density at radius 1 is 0.337 bits per heavy atom. The third-order valence-electron chi connectivity index (χ3n) is 15.8. The molecule has 0 rings (SSSR count). The molecular weight excluding hydrogens is 1120 g/mol. The van der Waals surface area contributed by atoms with Crippen molar-refractivity contribution in [3.8, 4) is 0 Å². The highest BCUT2D eigenvalue weighted by Gasteiger charge is 2.26. The molecule has 0 aliphatic carbocycles. The Hall–Kier alpha value is -3.59. The molecule has 0 saturated carbocycles. The van der Waals surface area contributed by atoms with Gasteiger partial charge in [-0.3, -0.25) is 18.6 Å². The fourth-order valence-corrected chi connectivity index (χ4v) is 11.2. The van der Waals surface area contributed by atoms with E-state index in [9.17, 15) is 19.0 Å². The van der Waals surface area contributed by atoms with Crippen LogP contribution < -0.4 is 5.73 Å². The number of nitrogens with two attached hydrogens (primary N) is 1. The van der Waals surface area contributed by atoms with Crippen molar-refractivity contribution in [2.45, 2.75) is 341 Å². The second-order valence-electron chi connectivity index (χ2n) is 24.4. The number of phosphoric ester groups is 1. The highest BCUT2D eigenvalue weighted by atomic mass is 31.2. The number of unbranched alkanes of at least 4 members (excludes halogenated alkanes) is 36. The molecule has 0 heterocycles. The topological polar surface area (TPSA) is 134 Å². The van der Waals surface area contributed by atoms with E-state index in [4.69, 9.17) is 24.3 Å². The summed E-state index contributed by atoms with van der Waals surface area (Å²) in [6.45, 7) is 3.55. The third kappa shape index (κ3) is 73.3. The first-order valence-electron chi connectivity index (χ1n) is 37.0. The molecule has 0 aromatic carbocycles. The van der Waals surface area contributed by atoms with Crippen molar-refractivity contribution in [1.29, 1.82) is 0 Å². The minimum Gasteiger partial charge on any atom is -0.462 e. The number of allylic oxidation sites excluding steroid dienone is 20. The Morgan fingerprint density at radius 3 is 0.865 bits per heavy atom. The van der Waals surface area contributed by atoms with Crippen LogP contribution in [-0.2, 0) is 32.7 Å². The van der Waals surface area contributed by atoms with Gasteiger partial charge in [0.15, 0.2) is 6.10 Å². The Morgan fingerprint density at radius 2 is 0.584 bits per heavy atom. The fraction of sp³-hybridized carbons (Fsp3) is 0.722. The molecule has 0 spiro atoms. The molecule has 0 saturated heterocycles. The Bertz CT molecular complexity index is 1880. The van der Waals surface area contributed by atoms with E-state index >= 15 is 0 Å². The maximum Gasteiger partial charge on any atom is 0.472 e. The second-order valence-corrected chi connectivity index (χ2v) is 25.9. The maximum atomic E-state index is 12.8. The van der Waals surface area contributed by atoms with Gasteiger partial charge in [-0.1, -0.05) is 341 Å². The summed E-state index contributed by atoms with van der Waals surface area (Å²) in [5.41, 5.74) is 5.41. The number of carbonyl (C=O) groups excluding carboxylic acids is 2. The van der Waals surface area contributed by atoms with Crippen LogP contribution in [-0.4, -0.2) is 49.3 Å². The van der Waals surface area contributed by atoms with Crippen LogP contribution in [0.15, 0.2) is 122 Å². The van der Waals surface area contributed by atoms with Crippen LogP contribution in [0.4, 0.5) is 0 Å². The lowest BCUT2D eigenvalue weighted by Gasteiger charge is -2.19. The summed E-state index contributed by atoms with van der Waals surface area (Å²) >= 11 is 0. The molecule has 3 N–H and O–H groups in total. The predicted octanol–water partition coefficient (Wildman–Crippen LogP) is 24.6. The lowest BCUT2D eigenvalue weighted by molar-refractivity contribution is -0.161. The maximum absolute atomic E-state index is 12.8. The van der Waals surface area contributed by atoms with E-state index in [2.05, 4.69) is 135 Å². The van der Waals surface area contributed by atoms with Crippen molar-refractivity contribution in [1.82, 2.24) is 0 Å². The van der Waals surface area contributed by atoms with Gasteiger partial charge in [0.1, 0.15) is 6.61 Å². The predicted molar refractivity (Wildman–Crippen MR) is 385 cm³/mol. The summed E-state index contributed by atoms with van der Waals surface area (Å²) in [6, 6.07) is 0. The summed E-state index contributed by atoms with van der Waals surface area (Å²) in [5.74, 6) is -0.818. The van der Waals surface area contributed by atoms with Crippen LogP contribution in [0.5, 0.6) is 0 Å². The zero-order valence-corrected chi connectivity index (χ0v) is 58.5. The lowest BCUT2D eigenvalue weighted by atomic mass is 10.0. The SMILES string of the molecule is CC/C=C\C/C=C\C/C=C\C/C=C\C/C=C\C/C=C\CCCCCCCCCCCCCCCCC(=O)OC(COC(=O)CCCCCCCCCCCCCCCCCCCCCCCC/C=C\C/C=C\C/C=C\C/C=C\CC)COP(=O)(O)OCCN. The van der Waals surface area contributed by atoms with E-state index in [0.717, 1.165) is 103 Å². The monoisotopic (exact) mass is 1260 g/mol. The van der Waals surface area contributed by atoms with Crippen LogP contribution in [0, 0.1) is 0 Å². The molecule has 0 aliphatic rings. The van der Waals surface area contributed by atoms with Gasteiger partial charge < -0.3 is 20.1 Å². The van der Waals surface area contributed by atoms with E-state index in [1.54, 1.807) is 0 Å². The van der Waals surface area contributed by atoms with Crippen LogP contribution in [0.25, 0.3) is 0 Å². The standard InChI is InChI=1S/C79H138NO8P/c1-3-5-7-9-11-13-15-17-19-21-23-25-27-29-31-33-35-37-38-40-41-43-45-47-49-51-53-55-57-59-61-63-65-67-69-71-78(81)85-75-77(76-87-89(83,84)86-74-73-80)88-79(82)72-70-68-66-64-62-60-58-56-54-52-50-48-46-44-42-39-36-34-32-30-28-26-24-22-20-18-16-14-12-10-8-6-4-2/h5-8,11-14,17-20,23-26,30,32,36,39,77H,3-4,9-10,15-16,21-22,27-29,31,33-35,37-38,40-76,80H2,1-2H3,(H,83,84)/b7-5-,8-6-,13-11-,14-12-,19-17-,20-18-,25-23-,26-24-,32-30-,39-36-. The Labute approximate surface area is 549 Å². The van der Waals surface area contributed by atoms with Crippen molar-refractivity contribution < 1.29 is 37.6 Å². The minimum absolute atomic E-state index is 0.0508. The van der Waals surface area contributed by atoms with Gasteiger partial charge in [-0.2, -0.15) is 0 Å². The zero-order valence-electron chi connectivity index (χ0n) is 57.6. The Kier molecular flexibility index (Phi) is 70.5. The van der Waals surface area contributed by atoms with Crippen molar-refractivity contribution in [3.63, 3.8) is 0 Å². The molecule has 0 aromatic rings. The molecule has 2 atom stereocenters. The second kappa shape index (κ2) is 73.5. The largest absolute Gasteiger partial charge is 0.472 e. The molecule has 512 valence electrons. The first-order valence-corrected chi connectivity index (χ1v) is 38.5. The number of hydrogen-bond donors (Lipinski definition) is 2. The lowest BCUT2D eigenvalue weighted by Crippen LogP contribution is -2.29. The van der Waals surface area contributed by atoms with E-state index in [1.807, 2.05) is 0 Å². The van der Waals surface area contributed by atoms with Gasteiger partial charge in [0.05, 0.1) is 13.2 Å². The average molecular weight is 1260 g/mol. The van der Waals surface area contributed by atoms with E-state index in [-0.39, 0.29) is 38.6 Å². The number of rotatable bonds is 69. The molecule has 0 radical (unpaired) electrons. The van der Waals surface area contributed by atoms with Gasteiger partial charge in [0, 0.05) is 19.4 Å². The summed E-state index contributed by atoms with van der Waals surface area (Å²) in [7, 11) is -4.40. The molecule has 2 unspecified atom stereocenters. The van der Waals surface area contributed by atoms with Gasteiger partial charge in [-0.05, 0) is 103 Å². The molecule has 0 amide bonds. The summed E-state index contributed by atoms with van der Waals surface area (Å²) in [5, 5.41) is 0. The molecule has 89 heavy (non-hydrogen) atoms. The van der Waals surface area contributed by atoms with E-state index in [1.165, 1.54) is 199 Å². The summed E-state index contributed by atoms with van der Waals surface area (Å²) < 4.78 is 33.2. The molecule has 10 heteroatoms. The van der Waals surface area contributed by atoms with Gasteiger partial charge >= 0.3 is 19.8 Å². The summed E-state index contributed by atoms with van der Waals surface area (Å²) in [4.78, 5) is 35.4. The molecule has 9 nitrogen and oxygen atoms in total. The normalized spacial score (nSPS) is 13.6. The van der Waals surface area contributed by atoms with Crippen LogP contribution >= 0.6 is 7.82 Å². The first kappa shape index (κ1) is 85.4. The van der Waals surface area contributed by atoms with Crippen molar-refractivity contribution in [2.24, 2.45) is 5.73 Å². The Balaban J connectivity index is 3.84. The van der Waals surface area contributed by atoms with Crippen LogP contribution in [0.3, 0.4) is 0 Å². The van der Waals surface area contributed by atoms with Gasteiger partial charge in [0.2, 0.25) is 0 Å². The van der Waals surface area contributed by atoms with Crippen molar-refractivity contribution in [3.05, 3.63) is 122 Å². The molecular formula is C79H138NO8P. The zero-order chi connectivity index (χ0) is 64.4. The van der Waals surface area contributed by atoms with Gasteiger partial charge in [-0.15, -0.1) is 0 Å². The van der Waals surface area contributed by atoms with Crippen molar-refractivity contribution >= 4 is 19.8 Å². The summed E-state index contributed by atoms with van der Waals surface area (Å²) in [6.07, 6.45) is 103. The highest BCUT2D eigenvalue weighted by molar-refractivity contribution is 7.47. The molecule has 0 bridgehead atoms. The van der Waals surface area contributed by atoms with Gasteiger partial charge in [0.25, 0.3) is 0 Å². The molecule has 0 aromatic heterocycles. The number of ether oxygens (including phenoxy) is 2. The van der Waals surface area contributed by atoms with Gasteiger partial charge in [-0.25, -0.2) is 4.57 Å². The van der Waals surface area contributed by atoms with E-state index in [0.29, 0.717) is 6.42 Å². The third-order valence-corrected chi connectivity index (χ3v) is 16.8. The highest BCUT2D eigenvalue weighted by Crippen LogP contribution is 2.43. The van der Waals surface area contributed by atoms with Crippen molar-refractivity contribution in [2.75, 3.05) is 26.4 Å². The fourth-order valence-electron chi connectivity index (χ4n) is 10.5. The van der Waals surface area contributed by atoms with E-state index < -0.39 is 26.5 Å². The van der Waals surface area contributed by atoms with Crippen LogP contribution in [0.1, 0.15) is 335 Å². The molecule has 0 fully saturated rings. The number of esters is 2. The number of carbonyl (C=O) groups is 2. The number of hydrogen-bond acceptors (Lipinski definition) is 8. The minimum atomic E-state index is -4.40. The average Bonchev–Trinajstić information content (AvgIpc) is 3.58. The number of phosphoric acid groups is 1. The molecule has 0 aliphatic heterocycles. The van der Waals surface area contributed by atoms with Crippen LogP contribution in [0.2, 0.25) is 0 Å².